The van der Waals surface area contributed by atoms with Crippen molar-refractivity contribution >= 4 is 39.9 Å². The summed E-state index contributed by atoms with van der Waals surface area (Å²) in [4.78, 5) is 45.8. The maximum Gasteiger partial charge on any atom is 0.350 e. The van der Waals surface area contributed by atoms with Crippen LogP contribution in [-0.4, -0.2) is 48.6 Å². The van der Waals surface area contributed by atoms with Gasteiger partial charge in [-0.2, -0.15) is 0 Å². The van der Waals surface area contributed by atoms with Crippen LogP contribution >= 0.6 is 11.3 Å². The van der Waals surface area contributed by atoms with Crippen LogP contribution in [0.2, 0.25) is 0 Å². The van der Waals surface area contributed by atoms with Crippen LogP contribution in [0.15, 0.2) is 72.3 Å². The average Bonchev–Trinajstić information content (AvgIpc) is 3.56. The van der Waals surface area contributed by atoms with Gasteiger partial charge in [-0.25, -0.2) is 9.78 Å². The van der Waals surface area contributed by atoms with Crippen LogP contribution in [0.3, 0.4) is 0 Å². The molecule has 5 rings (SSSR count). The molecule has 0 bridgehead atoms. The van der Waals surface area contributed by atoms with Crippen LogP contribution in [0.5, 0.6) is 17.2 Å². The van der Waals surface area contributed by atoms with Crippen molar-refractivity contribution in [2.45, 2.75) is 33.4 Å². The molecule has 0 saturated carbocycles. The highest BCUT2D eigenvalue weighted by Gasteiger charge is 2.48. The van der Waals surface area contributed by atoms with E-state index in [1.165, 1.54) is 19.1 Å². The van der Waals surface area contributed by atoms with Gasteiger partial charge in [0.05, 0.1) is 38.1 Å². The number of Topliss-reactive ketones (excluding diaryl/α,β-unsaturated/α-hetero) is 1. The minimum Gasteiger partial charge on any atom is -0.507 e. The molecule has 1 N–H and O–H groups in total. The second-order valence-corrected chi connectivity index (χ2v) is 11.1. The van der Waals surface area contributed by atoms with E-state index in [9.17, 15) is 19.5 Å². The van der Waals surface area contributed by atoms with Gasteiger partial charge in [0, 0.05) is 5.56 Å². The van der Waals surface area contributed by atoms with Crippen molar-refractivity contribution < 1.29 is 38.4 Å². The number of carbonyl (C=O) groups excluding carboxylic acids is 3. The molecule has 232 valence electrons. The number of methoxy groups -OCH3 is 2. The van der Waals surface area contributed by atoms with Gasteiger partial charge in [0.15, 0.2) is 16.6 Å². The maximum atomic E-state index is 13.7. The molecule has 1 atom stereocenters. The Balaban J connectivity index is 1.61. The third kappa shape index (κ3) is 6.12. The minimum absolute atomic E-state index is 0.109. The number of aliphatic hydroxyl groups is 1. The number of esters is 1. The Bertz CT molecular complexity index is 1800. The fourth-order valence-corrected chi connectivity index (χ4v) is 6.08. The van der Waals surface area contributed by atoms with Gasteiger partial charge in [-0.1, -0.05) is 47.7 Å². The van der Waals surface area contributed by atoms with Crippen molar-refractivity contribution in [2.75, 3.05) is 25.7 Å². The summed E-state index contributed by atoms with van der Waals surface area (Å²) in [6.07, 6.45) is 0. The molecule has 1 saturated heterocycles. The molecule has 10 nitrogen and oxygen atoms in total. The first kappa shape index (κ1) is 31.3. The highest BCUT2D eigenvalue weighted by molar-refractivity contribution is 7.17. The van der Waals surface area contributed by atoms with Gasteiger partial charge in [-0.05, 0) is 67.8 Å². The summed E-state index contributed by atoms with van der Waals surface area (Å²) in [7, 11) is 2.97. The summed E-state index contributed by atoms with van der Waals surface area (Å²) < 4.78 is 22.0. The summed E-state index contributed by atoms with van der Waals surface area (Å²) in [5.74, 6) is -1.35. The number of aliphatic hydroxyl groups excluding tert-OH is 1. The van der Waals surface area contributed by atoms with Crippen molar-refractivity contribution in [3.8, 4) is 17.2 Å². The summed E-state index contributed by atoms with van der Waals surface area (Å²) in [6.45, 7) is 5.67. The Hall–Kier alpha value is -5.16. The lowest BCUT2D eigenvalue weighted by molar-refractivity contribution is -0.132. The number of benzene rings is 3. The quantitative estimate of drug-likeness (QED) is 0.0952. The Kier molecular flexibility index (Phi) is 9.19. The molecule has 0 aliphatic carbocycles. The topological polar surface area (TPSA) is 124 Å². The van der Waals surface area contributed by atoms with Crippen LogP contribution < -0.4 is 19.1 Å². The number of aromatic nitrogens is 1. The molecule has 0 spiro atoms. The molecule has 4 aromatic rings. The predicted octanol–water partition coefficient (Wildman–Crippen LogP) is 6.16. The molecular formula is C34H32N2O8S. The summed E-state index contributed by atoms with van der Waals surface area (Å²) >= 11 is 0.935. The summed E-state index contributed by atoms with van der Waals surface area (Å²) in [5.41, 5.74) is 2.71. The molecule has 1 fully saturated rings. The third-order valence-electron chi connectivity index (χ3n) is 7.31. The Morgan fingerprint density at radius 3 is 2.33 bits per heavy atom. The zero-order chi connectivity index (χ0) is 32.2. The smallest absolute Gasteiger partial charge is 0.350 e. The number of ether oxygens (including phenoxy) is 4. The fraction of sp³-hybridized carbons (Fsp3) is 0.235. The molecule has 1 aliphatic rings. The Morgan fingerprint density at radius 1 is 0.956 bits per heavy atom. The van der Waals surface area contributed by atoms with E-state index in [-0.39, 0.29) is 27.9 Å². The van der Waals surface area contributed by atoms with Gasteiger partial charge >= 0.3 is 11.9 Å². The molecule has 1 aromatic heterocycles. The van der Waals surface area contributed by atoms with Crippen molar-refractivity contribution in [1.82, 2.24) is 4.98 Å². The number of ketones is 1. The van der Waals surface area contributed by atoms with Gasteiger partial charge in [-0.3, -0.25) is 14.5 Å². The van der Waals surface area contributed by atoms with E-state index in [0.717, 1.165) is 22.5 Å². The number of hydrogen-bond acceptors (Lipinski definition) is 10. The van der Waals surface area contributed by atoms with Crippen molar-refractivity contribution in [3.63, 3.8) is 0 Å². The number of thiazole rings is 1. The van der Waals surface area contributed by atoms with E-state index in [2.05, 4.69) is 4.98 Å². The molecule has 45 heavy (non-hydrogen) atoms. The SMILES string of the molecule is CCOC(=O)c1sc(N2C(=O)C(=O)/C(=C(/O)c3ccc(OCc4ccccc4)c(C)c3)[C@@H]2c2ccc(OC)c(OC)c2)nc1C. The van der Waals surface area contributed by atoms with Gasteiger partial charge in [0.2, 0.25) is 0 Å². The molecule has 0 radical (unpaired) electrons. The van der Waals surface area contributed by atoms with Gasteiger partial charge in [-0.15, -0.1) is 0 Å². The fourth-order valence-electron chi connectivity index (χ4n) is 5.09. The highest BCUT2D eigenvalue weighted by atomic mass is 32.1. The lowest BCUT2D eigenvalue weighted by Gasteiger charge is -2.24. The number of anilines is 1. The molecule has 3 aromatic carbocycles. The monoisotopic (exact) mass is 628 g/mol. The van der Waals surface area contributed by atoms with Crippen molar-refractivity contribution in [3.05, 3.63) is 105 Å². The average molecular weight is 629 g/mol. The predicted molar refractivity (Wildman–Crippen MR) is 169 cm³/mol. The minimum atomic E-state index is -1.10. The van der Waals surface area contributed by atoms with Crippen LogP contribution in [0, 0.1) is 13.8 Å². The third-order valence-corrected chi connectivity index (χ3v) is 8.44. The second kappa shape index (κ2) is 13.2. The van der Waals surface area contributed by atoms with Crippen molar-refractivity contribution in [1.29, 1.82) is 0 Å². The summed E-state index contributed by atoms with van der Waals surface area (Å²) in [6, 6.07) is 18.6. The first-order valence-corrected chi connectivity index (χ1v) is 14.9. The standard InChI is InChI=1S/C34H32N2O8S/c1-6-43-33(40)31-20(3)35-34(45-31)36-28(22-12-15-25(41-4)26(17-22)42-5)27(30(38)32(36)39)29(37)23-13-14-24(19(2)16-23)44-18-21-10-8-7-9-11-21/h7-17,28,37H,6,18H2,1-5H3/b29-27+/t28-/m0/s1. The number of hydrogen-bond donors (Lipinski definition) is 1. The molecule has 2 heterocycles. The largest absolute Gasteiger partial charge is 0.507 e. The van der Waals surface area contributed by atoms with Gasteiger partial charge in [0.1, 0.15) is 23.0 Å². The highest BCUT2D eigenvalue weighted by Crippen LogP contribution is 2.45. The van der Waals surface area contributed by atoms with Crippen LogP contribution in [0.1, 0.15) is 50.6 Å². The van der Waals surface area contributed by atoms with E-state index in [1.54, 1.807) is 50.2 Å². The van der Waals surface area contributed by atoms with E-state index >= 15 is 0 Å². The number of nitrogens with zero attached hydrogens (tertiary/aromatic N) is 2. The summed E-state index contributed by atoms with van der Waals surface area (Å²) in [5, 5.41) is 11.8. The molecule has 0 unspecified atom stereocenters. The molecule has 1 aliphatic heterocycles. The van der Waals surface area contributed by atoms with Crippen molar-refractivity contribution in [2.24, 2.45) is 0 Å². The van der Waals surface area contributed by atoms with E-state index < -0.39 is 23.7 Å². The second-order valence-electron chi connectivity index (χ2n) is 10.2. The molecule has 1 amide bonds. The lowest BCUT2D eigenvalue weighted by atomic mass is 9.94. The van der Waals surface area contributed by atoms with Crippen LogP contribution in [-0.2, 0) is 20.9 Å². The molecular weight excluding hydrogens is 596 g/mol. The van der Waals surface area contributed by atoms with E-state index in [0.29, 0.717) is 40.7 Å². The number of rotatable bonds is 10. The Labute approximate surface area is 264 Å². The first-order valence-electron chi connectivity index (χ1n) is 14.1. The zero-order valence-corrected chi connectivity index (χ0v) is 26.3. The number of amides is 1. The van der Waals surface area contributed by atoms with E-state index in [1.807, 2.05) is 37.3 Å². The Morgan fingerprint density at radius 2 is 1.67 bits per heavy atom. The molecule has 11 heteroatoms. The number of carbonyl (C=O) groups is 3. The van der Waals surface area contributed by atoms with Crippen LogP contribution in [0.25, 0.3) is 5.76 Å². The van der Waals surface area contributed by atoms with Gasteiger partial charge < -0.3 is 24.1 Å². The lowest BCUT2D eigenvalue weighted by Crippen LogP contribution is -2.29. The van der Waals surface area contributed by atoms with E-state index in [4.69, 9.17) is 18.9 Å². The normalized spacial score (nSPS) is 15.7. The maximum absolute atomic E-state index is 13.7. The first-order chi connectivity index (χ1) is 21.7. The zero-order valence-electron chi connectivity index (χ0n) is 25.5. The number of aryl methyl sites for hydroxylation is 2. The van der Waals surface area contributed by atoms with Crippen LogP contribution in [0.4, 0.5) is 5.13 Å². The van der Waals surface area contributed by atoms with Gasteiger partial charge in [0.25, 0.3) is 5.78 Å².